The first-order valence-electron chi connectivity index (χ1n) is 11.2. The van der Waals surface area contributed by atoms with Gasteiger partial charge < -0.3 is 4.74 Å². The molecule has 166 valence electrons. The molecule has 1 saturated carbocycles. The number of nitriles is 1. The molecule has 2 aromatic heterocycles. The summed E-state index contributed by atoms with van der Waals surface area (Å²) in [6.07, 6.45) is 7.04. The maximum absolute atomic E-state index is 13.1. The molecule has 1 fully saturated rings. The van der Waals surface area contributed by atoms with Crippen molar-refractivity contribution in [3.63, 3.8) is 0 Å². The normalized spacial score (nSPS) is 26.1. The molecule has 4 atom stereocenters. The molecular formula is C26H25N5O2. The molecule has 5 rings (SSSR count). The van der Waals surface area contributed by atoms with Crippen LogP contribution in [0.15, 0.2) is 43.0 Å². The van der Waals surface area contributed by atoms with Crippen molar-refractivity contribution in [3.05, 3.63) is 65.6 Å². The molecule has 33 heavy (non-hydrogen) atoms. The molecule has 0 bridgehead atoms. The molecule has 2 heterocycles. The first-order chi connectivity index (χ1) is 16.0. The van der Waals surface area contributed by atoms with Crippen LogP contribution >= 0.6 is 0 Å². The highest BCUT2D eigenvalue weighted by molar-refractivity contribution is 5.87. The molecule has 0 spiro atoms. The lowest BCUT2D eigenvalue weighted by Gasteiger charge is -2.51. The summed E-state index contributed by atoms with van der Waals surface area (Å²) in [6, 6.07) is 10.3. The Morgan fingerprint density at radius 3 is 2.55 bits per heavy atom. The SMILES string of the molecule is COc1ccc([C@@]23CC(C#N)C(=O)[C@@H](C)[C@@H]2CCc2c(-c4cncnc4)nc(C)nc23)cc1. The highest BCUT2D eigenvalue weighted by Gasteiger charge is 2.56. The van der Waals surface area contributed by atoms with Crippen LogP contribution in [0.1, 0.15) is 42.4 Å². The smallest absolute Gasteiger partial charge is 0.153 e. The molecule has 0 aliphatic heterocycles. The topological polar surface area (TPSA) is 102 Å². The quantitative estimate of drug-likeness (QED) is 0.611. The number of aryl methyl sites for hydroxylation is 1. The molecule has 1 unspecified atom stereocenters. The van der Waals surface area contributed by atoms with Gasteiger partial charge in [-0.1, -0.05) is 19.1 Å². The van der Waals surface area contributed by atoms with Crippen molar-refractivity contribution in [2.75, 3.05) is 7.11 Å². The number of hydrogen-bond acceptors (Lipinski definition) is 7. The molecule has 0 saturated heterocycles. The molecule has 0 radical (unpaired) electrons. The number of carbonyl (C=O) groups is 1. The van der Waals surface area contributed by atoms with Crippen molar-refractivity contribution in [1.82, 2.24) is 19.9 Å². The zero-order chi connectivity index (χ0) is 23.2. The molecule has 1 aromatic carbocycles. The van der Waals surface area contributed by atoms with E-state index < -0.39 is 11.3 Å². The molecule has 2 aliphatic rings. The number of ketones is 1. The van der Waals surface area contributed by atoms with Gasteiger partial charge in [-0.25, -0.2) is 19.9 Å². The molecule has 0 amide bonds. The van der Waals surface area contributed by atoms with E-state index in [0.29, 0.717) is 12.2 Å². The van der Waals surface area contributed by atoms with E-state index in [9.17, 15) is 10.1 Å². The monoisotopic (exact) mass is 439 g/mol. The lowest BCUT2D eigenvalue weighted by Crippen LogP contribution is -2.53. The van der Waals surface area contributed by atoms with Crippen LogP contribution in [0.25, 0.3) is 11.3 Å². The third-order valence-electron chi connectivity index (χ3n) is 7.40. The number of methoxy groups -OCH3 is 1. The second-order valence-electron chi connectivity index (χ2n) is 9.00. The predicted octanol–water partition coefficient (Wildman–Crippen LogP) is 3.85. The molecule has 2 aliphatic carbocycles. The minimum Gasteiger partial charge on any atom is -0.497 e. The van der Waals surface area contributed by atoms with Gasteiger partial charge in [-0.3, -0.25) is 4.79 Å². The number of hydrogen-bond donors (Lipinski definition) is 0. The van der Waals surface area contributed by atoms with Crippen LogP contribution in [0.5, 0.6) is 5.75 Å². The van der Waals surface area contributed by atoms with Crippen molar-refractivity contribution in [2.24, 2.45) is 17.8 Å². The summed E-state index contributed by atoms with van der Waals surface area (Å²) in [5.41, 5.74) is 4.16. The lowest BCUT2D eigenvalue weighted by atomic mass is 9.50. The average molecular weight is 440 g/mol. The Morgan fingerprint density at radius 2 is 1.88 bits per heavy atom. The standard InChI is InChI=1S/C26H25N5O2/c1-15-22-9-8-21-23(18-12-28-14-29-13-18)30-16(2)31-25(21)26(22,10-17(11-27)24(15)32)19-4-6-20(33-3)7-5-19/h4-7,12-15,17,22H,8-10H2,1-3H3/t15-,17?,22-,26-/m0/s1. The van der Waals surface area contributed by atoms with E-state index in [1.165, 1.54) is 6.33 Å². The van der Waals surface area contributed by atoms with Gasteiger partial charge >= 0.3 is 0 Å². The highest BCUT2D eigenvalue weighted by Crippen LogP contribution is 2.56. The number of carbonyl (C=O) groups excluding carboxylic acids is 1. The van der Waals surface area contributed by atoms with Gasteiger partial charge in [0, 0.05) is 34.9 Å². The predicted molar refractivity (Wildman–Crippen MR) is 121 cm³/mol. The zero-order valence-electron chi connectivity index (χ0n) is 18.9. The van der Waals surface area contributed by atoms with E-state index in [1.807, 2.05) is 26.0 Å². The van der Waals surface area contributed by atoms with Crippen molar-refractivity contribution in [1.29, 1.82) is 5.26 Å². The first kappa shape index (κ1) is 21.2. The van der Waals surface area contributed by atoms with Gasteiger partial charge in [0.2, 0.25) is 0 Å². The Hall–Kier alpha value is -3.66. The summed E-state index contributed by atoms with van der Waals surface area (Å²) in [5, 5.41) is 9.91. The van der Waals surface area contributed by atoms with Crippen molar-refractivity contribution in [3.8, 4) is 23.1 Å². The Morgan fingerprint density at radius 1 is 1.15 bits per heavy atom. The van der Waals surface area contributed by atoms with E-state index in [1.54, 1.807) is 19.5 Å². The summed E-state index contributed by atoms with van der Waals surface area (Å²) in [7, 11) is 1.64. The Bertz CT molecular complexity index is 1250. The third kappa shape index (κ3) is 3.20. The Labute approximate surface area is 192 Å². The number of rotatable bonds is 3. The van der Waals surface area contributed by atoms with Gasteiger partial charge in [-0.15, -0.1) is 0 Å². The Balaban J connectivity index is 1.81. The molecule has 0 N–H and O–H groups in total. The fourth-order valence-corrected chi connectivity index (χ4v) is 5.91. The van der Waals surface area contributed by atoms with Gasteiger partial charge in [-0.2, -0.15) is 5.26 Å². The van der Waals surface area contributed by atoms with Crippen LogP contribution < -0.4 is 4.74 Å². The van der Waals surface area contributed by atoms with Gasteiger partial charge in [0.15, 0.2) is 5.78 Å². The number of aromatic nitrogens is 4. The van der Waals surface area contributed by atoms with Crippen molar-refractivity contribution >= 4 is 5.78 Å². The minimum absolute atomic E-state index is 0.0394. The first-order valence-corrected chi connectivity index (χ1v) is 11.2. The molecule has 7 heteroatoms. The van der Waals surface area contributed by atoms with E-state index >= 15 is 0 Å². The maximum atomic E-state index is 13.1. The van der Waals surface area contributed by atoms with Crippen LogP contribution in [0.4, 0.5) is 0 Å². The highest BCUT2D eigenvalue weighted by atomic mass is 16.5. The molecule has 3 aromatic rings. The Kier molecular flexibility index (Phi) is 5.16. The van der Waals surface area contributed by atoms with Crippen LogP contribution in [-0.4, -0.2) is 32.8 Å². The summed E-state index contributed by atoms with van der Waals surface area (Å²) in [5.74, 6) is 0.586. The molecule has 7 nitrogen and oxygen atoms in total. The lowest BCUT2D eigenvalue weighted by molar-refractivity contribution is -0.131. The average Bonchev–Trinajstić information content (AvgIpc) is 2.86. The van der Waals surface area contributed by atoms with E-state index in [2.05, 4.69) is 28.2 Å². The van der Waals surface area contributed by atoms with Crippen LogP contribution in [0.3, 0.4) is 0 Å². The van der Waals surface area contributed by atoms with Crippen molar-refractivity contribution < 1.29 is 9.53 Å². The number of nitrogens with zero attached hydrogens (tertiary/aromatic N) is 5. The number of ether oxygens (including phenoxy) is 1. The van der Waals surface area contributed by atoms with Gasteiger partial charge in [0.1, 0.15) is 23.8 Å². The summed E-state index contributed by atoms with van der Waals surface area (Å²) < 4.78 is 5.39. The largest absolute Gasteiger partial charge is 0.497 e. The second kappa shape index (κ2) is 8.04. The summed E-state index contributed by atoms with van der Waals surface area (Å²) >= 11 is 0. The third-order valence-corrected chi connectivity index (χ3v) is 7.40. The van der Waals surface area contributed by atoms with Crippen LogP contribution in [-0.2, 0) is 16.6 Å². The number of fused-ring (bicyclic) bond motifs is 3. The molecular weight excluding hydrogens is 414 g/mol. The summed E-state index contributed by atoms with van der Waals surface area (Å²) in [6.45, 7) is 3.86. The van der Waals surface area contributed by atoms with E-state index in [4.69, 9.17) is 14.7 Å². The van der Waals surface area contributed by atoms with Gasteiger partial charge in [-0.05, 0) is 49.8 Å². The van der Waals surface area contributed by atoms with Gasteiger partial charge in [0.05, 0.1) is 24.6 Å². The van der Waals surface area contributed by atoms with E-state index in [-0.39, 0.29) is 17.6 Å². The van der Waals surface area contributed by atoms with Crippen LogP contribution in [0, 0.1) is 36.0 Å². The number of benzene rings is 1. The zero-order valence-corrected chi connectivity index (χ0v) is 18.9. The summed E-state index contributed by atoms with van der Waals surface area (Å²) in [4.78, 5) is 31.2. The second-order valence-corrected chi connectivity index (χ2v) is 9.00. The maximum Gasteiger partial charge on any atom is 0.153 e. The number of Topliss-reactive ketones (excluding diaryl/α,β-unsaturated/α-hetero) is 1. The van der Waals surface area contributed by atoms with E-state index in [0.717, 1.165) is 46.7 Å². The van der Waals surface area contributed by atoms with Crippen molar-refractivity contribution in [2.45, 2.75) is 38.5 Å². The van der Waals surface area contributed by atoms with Gasteiger partial charge in [0.25, 0.3) is 0 Å². The van der Waals surface area contributed by atoms with Crippen LogP contribution in [0.2, 0.25) is 0 Å². The fourth-order valence-electron chi connectivity index (χ4n) is 5.91. The fraction of sp³-hybridized carbons (Fsp3) is 0.385. The minimum atomic E-state index is -0.678.